The van der Waals surface area contributed by atoms with Gasteiger partial charge in [-0.2, -0.15) is 5.26 Å². The van der Waals surface area contributed by atoms with Gasteiger partial charge in [0.15, 0.2) is 11.5 Å². The highest BCUT2D eigenvalue weighted by Crippen LogP contribution is 2.36. The molecule has 0 atom stereocenters. The van der Waals surface area contributed by atoms with Gasteiger partial charge in [0, 0.05) is 15.1 Å². The molecule has 0 spiro atoms. The molecule has 5 heteroatoms. The van der Waals surface area contributed by atoms with E-state index in [1.54, 1.807) is 19.3 Å². The Labute approximate surface area is 149 Å². The van der Waals surface area contributed by atoms with Crippen molar-refractivity contribution in [2.45, 2.75) is 6.92 Å². The standard InChI is InChI=1S/C18H15BrClNO2/c1-3-23-18-9-12(15(19)10-17(18)22-2)8-13(11-21)14-6-4-5-7-16(14)20/h4-10H,3H2,1-2H3. The Kier molecular flexibility index (Phi) is 6.09. The van der Waals surface area contributed by atoms with Crippen LogP contribution in [-0.2, 0) is 0 Å². The molecule has 118 valence electrons. The van der Waals surface area contributed by atoms with Crippen LogP contribution < -0.4 is 9.47 Å². The summed E-state index contributed by atoms with van der Waals surface area (Å²) >= 11 is 9.68. The number of ether oxygens (including phenoxy) is 2. The number of allylic oxidation sites excluding steroid dienone is 1. The van der Waals surface area contributed by atoms with E-state index in [2.05, 4.69) is 22.0 Å². The summed E-state index contributed by atoms with van der Waals surface area (Å²) in [5.41, 5.74) is 1.98. The summed E-state index contributed by atoms with van der Waals surface area (Å²) in [6, 6.07) is 13.1. The lowest BCUT2D eigenvalue weighted by molar-refractivity contribution is 0.310. The lowest BCUT2D eigenvalue weighted by Crippen LogP contribution is -1.96. The molecule has 0 unspecified atom stereocenters. The summed E-state index contributed by atoms with van der Waals surface area (Å²) in [6.45, 7) is 2.43. The third kappa shape index (κ3) is 4.07. The van der Waals surface area contributed by atoms with Gasteiger partial charge in [-0.05, 0) is 36.8 Å². The highest BCUT2D eigenvalue weighted by molar-refractivity contribution is 9.10. The van der Waals surface area contributed by atoms with Crippen LogP contribution in [0.2, 0.25) is 5.02 Å². The minimum Gasteiger partial charge on any atom is -0.493 e. The van der Waals surface area contributed by atoms with E-state index >= 15 is 0 Å². The number of rotatable bonds is 5. The van der Waals surface area contributed by atoms with Crippen molar-refractivity contribution in [3.8, 4) is 17.6 Å². The predicted octanol–water partition coefficient (Wildman–Crippen LogP) is 5.57. The number of hydrogen-bond donors (Lipinski definition) is 0. The lowest BCUT2D eigenvalue weighted by Gasteiger charge is -2.12. The molecule has 3 nitrogen and oxygen atoms in total. The molecule has 0 saturated carbocycles. The zero-order valence-corrected chi connectivity index (χ0v) is 15.1. The zero-order valence-electron chi connectivity index (χ0n) is 12.8. The van der Waals surface area contributed by atoms with Gasteiger partial charge in [0.1, 0.15) is 0 Å². The van der Waals surface area contributed by atoms with Crippen LogP contribution in [0.5, 0.6) is 11.5 Å². The lowest BCUT2D eigenvalue weighted by atomic mass is 10.0. The number of halogens is 2. The second-order valence-corrected chi connectivity index (χ2v) is 5.87. The van der Waals surface area contributed by atoms with Gasteiger partial charge in [-0.25, -0.2) is 0 Å². The van der Waals surface area contributed by atoms with Gasteiger partial charge < -0.3 is 9.47 Å². The number of methoxy groups -OCH3 is 1. The van der Waals surface area contributed by atoms with Crippen LogP contribution >= 0.6 is 27.5 Å². The Hall–Kier alpha value is -1.96. The first-order valence-corrected chi connectivity index (χ1v) is 8.14. The van der Waals surface area contributed by atoms with E-state index in [-0.39, 0.29) is 0 Å². The van der Waals surface area contributed by atoms with Crippen molar-refractivity contribution in [2.75, 3.05) is 13.7 Å². The molecule has 0 aliphatic heterocycles. The fraction of sp³-hybridized carbons (Fsp3) is 0.167. The van der Waals surface area contributed by atoms with Crippen molar-refractivity contribution in [1.29, 1.82) is 5.26 Å². The first kappa shape index (κ1) is 17.4. The molecule has 0 saturated heterocycles. The van der Waals surface area contributed by atoms with Crippen LogP contribution in [0.15, 0.2) is 40.9 Å². The zero-order chi connectivity index (χ0) is 16.8. The molecule has 2 aromatic rings. The van der Waals surface area contributed by atoms with Crippen LogP contribution in [0, 0.1) is 11.3 Å². The van der Waals surface area contributed by atoms with E-state index < -0.39 is 0 Å². The van der Waals surface area contributed by atoms with Gasteiger partial charge >= 0.3 is 0 Å². The third-order valence-corrected chi connectivity index (χ3v) is 4.18. The van der Waals surface area contributed by atoms with Gasteiger partial charge in [0.25, 0.3) is 0 Å². The van der Waals surface area contributed by atoms with Gasteiger partial charge in [0.2, 0.25) is 0 Å². The number of benzene rings is 2. The average Bonchev–Trinajstić information content (AvgIpc) is 2.56. The van der Waals surface area contributed by atoms with Crippen molar-refractivity contribution in [2.24, 2.45) is 0 Å². The van der Waals surface area contributed by atoms with Crippen molar-refractivity contribution < 1.29 is 9.47 Å². The van der Waals surface area contributed by atoms with Crippen LogP contribution in [0.4, 0.5) is 0 Å². The molecule has 0 amide bonds. The normalized spacial score (nSPS) is 11.0. The number of nitriles is 1. The molecule has 2 aromatic carbocycles. The molecule has 0 heterocycles. The van der Waals surface area contributed by atoms with E-state index in [1.807, 2.05) is 37.3 Å². The second-order valence-electron chi connectivity index (χ2n) is 4.61. The van der Waals surface area contributed by atoms with Crippen LogP contribution in [0.1, 0.15) is 18.1 Å². The molecule has 0 bridgehead atoms. The van der Waals surface area contributed by atoms with Crippen LogP contribution in [0.25, 0.3) is 11.6 Å². The van der Waals surface area contributed by atoms with Crippen molar-refractivity contribution in [1.82, 2.24) is 0 Å². The van der Waals surface area contributed by atoms with Crippen molar-refractivity contribution in [3.63, 3.8) is 0 Å². The molecule has 0 aliphatic carbocycles. The Balaban J connectivity index is 2.54. The first-order chi connectivity index (χ1) is 11.1. The topological polar surface area (TPSA) is 42.2 Å². The highest BCUT2D eigenvalue weighted by Gasteiger charge is 2.11. The van der Waals surface area contributed by atoms with E-state index in [0.717, 1.165) is 10.0 Å². The summed E-state index contributed by atoms with van der Waals surface area (Å²) in [5, 5.41) is 10.0. The maximum absolute atomic E-state index is 9.48. The van der Waals surface area contributed by atoms with E-state index in [0.29, 0.717) is 34.3 Å². The van der Waals surface area contributed by atoms with Gasteiger partial charge in [-0.1, -0.05) is 45.7 Å². The summed E-state index contributed by atoms with van der Waals surface area (Å²) in [4.78, 5) is 0. The minimum absolute atomic E-state index is 0.476. The largest absolute Gasteiger partial charge is 0.493 e. The quantitative estimate of drug-likeness (QED) is 0.493. The monoisotopic (exact) mass is 391 g/mol. The number of nitrogens with zero attached hydrogens (tertiary/aromatic N) is 1. The molecule has 0 fully saturated rings. The van der Waals surface area contributed by atoms with Gasteiger partial charge in [0.05, 0.1) is 25.4 Å². The summed E-state index contributed by atoms with van der Waals surface area (Å²) < 4.78 is 11.7. The fourth-order valence-electron chi connectivity index (χ4n) is 2.09. The van der Waals surface area contributed by atoms with Crippen molar-refractivity contribution >= 4 is 39.2 Å². The maximum Gasteiger partial charge on any atom is 0.161 e. The van der Waals surface area contributed by atoms with Crippen LogP contribution in [-0.4, -0.2) is 13.7 Å². The summed E-state index contributed by atoms with van der Waals surface area (Å²) in [5.74, 6) is 1.26. The molecule has 0 aromatic heterocycles. The fourth-order valence-corrected chi connectivity index (χ4v) is 2.77. The Morgan fingerprint density at radius 2 is 2.04 bits per heavy atom. The third-order valence-electron chi connectivity index (χ3n) is 3.17. The van der Waals surface area contributed by atoms with E-state index in [1.165, 1.54) is 0 Å². The van der Waals surface area contributed by atoms with Crippen molar-refractivity contribution in [3.05, 3.63) is 57.0 Å². The minimum atomic E-state index is 0.476. The van der Waals surface area contributed by atoms with Gasteiger partial charge in [-0.3, -0.25) is 0 Å². The molecule has 0 aliphatic rings. The molecular weight excluding hydrogens is 378 g/mol. The molecule has 2 rings (SSSR count). The van der Waals surface area contributed by atoms with Gasteiger partial charge in [-0.15, -0.1) is 0 Å². The van der Waals surface area contributed by atoms with Crippen LogP contribution in [0.3, 0.4) is 0 Å². The Morgan fingerprint density at radius 3 is 2.65 bits per heavy atom. The molecule has 0 radical (unpaired) electrons. The van der Waals surface area contributed by atoms with E-state index in [4.69, 9.17) is 21.1 Å². The predicted molar refractivity (Wildman–Crippen MR) is 96.8 cm³/mol. The van der Waals surface area contributed by atoms with E-state index in [9.17, 15) is 5.26 Å². The number of hydrogen-bond acceptors (Lipinski definition) is 3. The second kappa shape index (κ2) is 8.05. The Morgan fingerprint density at radius 1 is 1.30 bits per heavy atom. The molecular formula is C18H15BrClNO2. The summed E-state index contributed by atoms with van der Waals surface area (Å²) in [6.07, 6.45) is 1.77. The Bertz CT molecular complexity index is 781. The first-order valence-electron chi connectivity index (χ1n) is 6.97. The average molecular weight is 393 g/mol. The smallest absolute Gasteiger partial charge is 0.161 e. The highest BCUT2D eigenvalue weighted by atomic mass is 79.9. The molecule has 0 N–H and O–H groups in total. The summed E-state index contributed by atoms with van der Waals surface area (Å²) in [7, 11) is 1.59. The maximum atomic E-state index is 9.48. The SMILES string of the molecule is CCOc1cc(C=C(C#N)c2ccccc2Cl)c(Br)cc1OC. The molecule has 23 heavy (non-hydrogen) atoms.